The molecule has 0 unspecified atom stereocenters. The molecule has 1 aromatic heterocycles. The summed E-state index contributed by atoms with van der Waals surface area (Å²) in [6.45, 7) is 1.26. The standard InChI is InChI=1S/C15H14BrN3O2/c1-21-15(20)14-10-7-17-8-12(10)18-13(19-14)6-9-4-2-3-5-11(9)16/h2-5,17H,6-8H2,1H3. The number of aromatic nitrogens is 2. The van der Waals surface area contributed by atoms with Gasteiger partial charge in [0.2, 0.25) is 0 Å². The second-order valence-electron chi connectivity index (χ2n) is 4.78. The Bertz CT molecular complexity index is 703. The first-order valence-electron chi connectivity index (χ1n) is 6.60. The highest BCUT2D eigenvalue weighted by molar-refractivity contribution is 9.10. The fourth-order valence-corrected chi connectivity index (χ4v) is 2.80. The van der Waals surface area contributed by atoms with E-state index in [9.17, 15) is 4.79 Å². The van der Waals surface area contributed by atoms with Gasteiger partial charge in [0.25, 0.3) is 0 Å². The van der Waals surface area contributed by atoms with Crippen LogP contribution in [0.1, 0.15) is 33.1 Å². The number of hydrogen-bond acceptors (Lipinski definition) is 5. The van der Waals surface area contributed by atoms with E-state index in [4.69, 9.17) is 4.74 Å². The van der Waals surface area contributed by atoms with E-state index >= 15 is 0 Å². The van der Waals surface area contributed by atoms with Crippen molar-refractivity contribution in [3.05, 3.63) is 57.1 Å². The van der Waals surface area contributed by atoms with Crippen molar-refractivity contribution in [1.29, 1.82) is 0 Å². The maximum absolute atomic E-state index is 11.9. The first kappa shape index (κ1) is 14.2. The van der Waals surface area contributed by atoms with E-state index in [-0.39, 0.29) is 0 Å². The van der Waals surface area contributed by atoms with Crippen molar-refractivity contribution in [2.75, 3.05) is 7.11 Å². The number of rotatable bonds is 3. The molecule has 0 atom stereocenters. The number of hydrogen-bond donors (Lipinski definition) is 1. The minimum atomic E-state index is -0.411. The monoisotopic (exact) mass is 347 g/mol. The third-order valence-corrected chi connectivity index (χ3v) is 4.19. The normalized spacial score (nSPS) is 13.0. The van der Waals surface area contributed by atoms with Crippen molar-refractivity contribution >= 4 is 21.9 Å². The third kappa shape index (κ3) is 2.82. The molecule has 0 aliphatic carbocycles. The predicted octanol–water partition coefficient (Wildman–Crippen LogP) is 2.22. The molecule has 0 spiro atoms. The van der Waals surface area contributed by atoms with Crippen LogP contribution in [0.15, 0.2) is 28.7 Å². The molecule has 2 heterocycles. The third-order valence-electron chi connectivity index (χ3n) is 3.42. The first-order valence-corrected chi connectivity index (χ1v) is 7.39. The molecule has 1 N–H and O–H groups in total. The maximum Gasteiger partial charge on any atom is 0.357 e. The van der Waals surface area contributed by atoms with Gasteiger partial charge >= 0.3 is 5.97 Å². The number of carbonyl (C=O) groups is 1. The molecule has 5 nitrogen and oxygen atoms in total. The second kappa shape index (κ2) is 5.91. The summed E-state index contributed by atoms with van der Waals surface area (Å²) >= 11 is 3.52. The van der Waals surface area contributed by atoms with E-state index in [1.165, 1.54) is 7.11 Å². The lowest BCUT2D eigenvalue weighted by Crippen LogP contribution is -2.13. The second-order valence-corrected chi connectivity index (χ2v) is 5.63. The number of methoxy groups -OCH3 is 1. The van der Waals surface area contributed by atoms with Crippen molar-refractivity contribution in [2.24, 2.45) is 0 Å². The number of halogens is 1. The average Bonchev–Trinajstić information content (AvgIpc) is 2.96. The van der Waals surface area contributed by atoms with Crippen molar-refractivity contribution in [1.82, 2.24) is 15.3 Å². The van der Waals surface area contributed by atoms with Crippen LogP contribution in [-0.4, -0.2) is 23.0 Å². The summed E-state index contributed by atoms with van der Waals surface area (Å²) in [7, 11) is 1.37. The highest BCUT2D eigenvalue weighted by Crippen LogP contribution is 2.22. The highest BCUT2D eigenvalue weighted by atomic mass is 79.9. The van der Waals surface area contributed by atoms with Gasteiger partial charge in [0.15, 0.2) is 5.69 Å². The summed E-state index contributed by atoms with van der Waals surface area (Å²) in [4.78, 5) is 20.9. The molecule has 0 saturated carbocycles. The molecule has 0 bridgehead atoms. The zero-order chi connectivity index (χ0) is 14.8. The molecule has 21 heavy (non-hydrogen) atoms. The molecule has 0 fully saturated rings. The van der Waals surface area contributed by atoms with E-state index in [0.29, 0.717) is 31.0 Å². The first-order chi connectivity index (χ1) is 10.2. The van der Waals surface area contributed by atoms with Gasteiger partial charge in [-0.1, -0.05) is 34.1 Å². The van der Waals surface area contributed by atoms with Gasteiger partial charge in [-0.05, 0) is 11.6 Å². The van der Waals surface area contributed by atoms with Gasteiger partial charge in [-0.25, -0.2) is 14.8 Å². The Balaban J connectivity index is 2.00. The van der Waals surface area contributed by atoms with E-state index in [0.717, 1.165) is 21.3 Å². The Morgan fingerprint density at radius 3 is 2.90 bits per heavy atom. The lowest BCUT2D eigenvalue weighted by Gasteiger charge is -2.09. The largest absolute Gasteiger partial charge is 0.464 e. The van der Waals surface area contributed by atoms with Gasteiger partial charge in [-0.2, -0.15) is 0 Å². The van der Waals surface area contributed by atoms with Crippen LogP contribution in [-0.2, 0) is 24.2 Å². The zero-order valence-corrected chi connectivity index (χ0v) is 13.1. The SMILES string of the molecule is COC(=O)c1nc(Cc2ccccc2Br)nc2c1CNC2. The van der Waals surface area contributed by atoms with Crippen molar-refractivity contribution in [2.45, 2.75) is 19.5 Å². The number of fused-ring (bicyclic) bond motifs is 1. The van der Waals surface area contributed by atoms with Crippen LogP contribution in [0.5, 0.6) is 0 Å². The molecule has 6 heteroatoms. The van der Waals surface area contributed by atoms with Crippen LogP contribution in [0.25, 0.3) is 0 Å². The molecule has 1 aromatic carbocycles. The number of benzene rings is 1. The lowest BCUT2D eigenvalue weighted by molar-refractivity contribution is 0.0592. The number of nitrogens with zero attached hydrogens (tertiary/aromatic N) is 2. The van der Waals surface area contributed by atoms with Crippen molar-refractivity contribution in [3.8, 4) is 0 Å². The van der Waals surface area contributed by atoms with Crippen molar-refractivity contribution < 1.29 is 9.53 Å². The van der Waals surface area contributed by atoms with Gasteiger partial charge in [-0.3, -0.25) is 0 Å². The van der Waals surface area contributed by atoms with Gasteiger partial charge in [0.05, 0.1) is 12.8 Å². The van der Waals surface area contributed by atoms with Gasteiger partial charge < -0.3 is 10.1 Å². The van der Waals surface area contributed by atoms with E-state index in [2.05, 4.69) is 31.2 Å². The summed E-state index contributed by atoms with van der Waals surface area (Å²) in [6.07, 6.45) is 0.568. The molecular formula is C15H14BrN3O2. The van der Waals surface area contributed by atoms with Crippen LogP contribution < -0.4 is 5.32 Å². The topological polar surface area (TPSA) is 64.1 Å². The van der Waals surface area contributed by atoms with Gasteiger partial charge in [-0.15, -0.1) is 0 Å². The smallest absolute Gasteiger partial charge is 0.357 e. The molecule has 0 radical (unpaired) electrons. The molecule has 1 aliphatic heterocycles. The van der Waals surface area contributed by atoms with Crippen molar-refractivity contribution in [3.63, 3.8) is 0 Å². The Kier molecular flexibility index (Phi) is 3.98. The summed E-state index contributed by atoms with van der Waals surface area (Å²) in [5, 5.41) is 3.19. The molecule has 0 saturated heterocycles. The summed E-state index contributed by atoms with van der Waals surface area (Å²) in [6, 6.07) is 7.92. The summed E-state index contributed by atoms with van der Waals surface area (Å²) in [5.41, 5.74) is 3.18. The minimum Gasteiger partial charge on any atom is -0.464 e. The number of carbonyl (C=O) groups excluding carboxylic acids is 1. The van der Waals surface area contributed by atoms with Gasteiger partial charge in [0, 0.05) is 29.5 Å². The van der Waals surface area contributed by atoms with Crippen LogP contribution >= 0.6 is 15.9 Å². The van der Waals surface area contributed by atoms with Crippen LogP contribution in [0.3, 0.4) is 0 Å². The molecular weight excluding hydrogens is 334 g/mol. The summed E-state index contributed by atoms with van der Waals surface area (Å²) in [5.74, 6) is 0.218. The molecule has 2 aromatic rings. The van der Waals surface area contributed by atoms with E-state index in [1.807, 2.05) is 24.3 Å². The predicted molar refractivity (Wildman–Crippen MR) is 80.9 cm³/mol. The van der Waals surface area contributed by atoms with Crippen LogP contribution in [0.2, 0.25) is 0 Å². The Morgan fingerprint density at radius 1 is 1.33 bits per heavy atom. The Hall–Kier alpha value is -1.79. The fourth-order valence-electron chi connectivity index (χ4n) is 2.38. The molecule has 0 amide bonds. The molecule has 1 aliphatic rings. The van der Waals surface area contributed by atoms with Crippen LogP contribution in [0.4, 0.5) is 0 Å². The Labute approximate surface area is 130 Å². The van der Waals surface area contributed by atoms with Gasteiger partial charge in [0.1, 0.15) is 5.82 Å². The molecule has 3 rings (SSSR count). The van der Waals surface area contributed by atoms with Crippen LogP contribution in [0, 0.1) is 0 Å². The summed E-state index contributed by atoms with van der Waals surface area (Å²) < 4.78 is 5.83. The zero-order valence-electron chi connectivity index (χ0n) is 11.5. The number of esters is 1. The highest BCUT2D eigenvalue weighted by Gasteiger charge is 2.23. The number of nitrogens with one attached hydrogen (secondary N) is 1. The average molecular weight is 348 g/mol. The molecule has 108 valence electrons. The maximum atomic E-state index is 11.9. The number of ether oxygens (including phenoxy) is 1. The Morgan fingerprint density at radius 2 is 2.14 bits per heavy atom. The lowest BCUT2D eigenvalue weighted by atomic mass is 10.1. The van der Waals surface area contributed by atoms with E-state index < -0.39 is 5.97 Å². The fraction of sp³-hybridized carbons (Fsp3) is 0.267. The van der Waals surface area contributed by atoms with E-state index in [1.54, 1.807) is 0 Å². The quantitative estimate of drug-likeness (QED) is 0.862. The minimum absolute atomic E-state index is 0.370.